The number of hydrogen-bond donors (Lipinski definition) is 2. The normalized spacial score (nSPS) is 10.6. The zero-order chi connectivity index (χ0) is 15.2. The summed E-state index contributed by atoms with van der Waals surface area (Å²) in [6.07, 6.45) is 3.79. The Morgan fingerprint density at radius 3 is 2.62 bits per heavy atom. The Bertz CT molecular complexity index is 647. The van der Waals surface area contributed by atoms with Crippen molar-refractivity contribution < 1.29 is 9.26 Å². The van der Waals surface area contributed by atoms with Crippen LogP contribution in [0.25, 0.3) is 12.2 Å². The molecule has 0 atom stereocenters. The third kappa shape index (κ3) is 3.82. The van der Waals surface area contributed by atoms with Crippen molar-refractivity contribution in [1.82, 2.24) is 10.5 Å². The second-order valence-electron chi connectivity index (χ2n) is 4.32. The molecule has 5 nitrogen and oxygen atoms in total. The number of hydrogen-bond acceptors (Lipinski definition) is 4. The molecule has 0 amide bonds. The van der Waals surface area contributed by atoms with Crippen LogP contribution in [0.2, 0.25) is 0 Å². The van der Waals surface area contributed by atoms with Crippen LogP contribution < -0.4 is 15.4 Å². The lowest BCUT2D eigenvalue weighted by atomic mass is 10.2. The van der Waals surface area contributed by atoms with E-state index in [2.05, 4.69) is 15.8 Å². The van der Waals surface area contributed by atoms with Crippen LogP contribution in [0.3, 0.4) is 0 Å². The first-order valence-corrected chi connectivity index (χ1v) is 6.82. The summed E-state index contributed by atoms with van der Waals surface area (Å²) in [4.78, 5) is 0. The average molecular weight is 303 g/mol. The molecule has 1 aromatic carbocycles. The minimum absolute atomic E-state index is 0.514. The zero-order valence-corrected chi connectivity index (χ0v) is 13.0. The molecule has 1 aromatic heterocycles. The standard InChI is InChI=1S/C15H17N3O2S/c1-10-14(17-15(21)16-2)13(20-18-10)9-6-11-4-7-12(19-3)8-5-11/h4-9H,1-3H3,(H2,16,17,21)/b9-6+. The van der Waals surface area contributed by atoms with Gasteiger partial charge in [-0.15, -0.1) is 0 Å². The second kappa shape index (κ2) is 6.90. The first-order valence-electron chi connectivity index (χ1n) is 6.41. The van der Waals surface area contributed by atoms with E-state index >= 15 is 0 Å². The number of methoxy groups -OCH3 is 1. The van der Waals surface area contributed by atoms with Gasteiger partial charge in [0.2, 0.25) is 0 Å². The number of nitrogens with one attached hydrogen (secondary N) is 2. The molecule has 2 rings (SSSR count). The molecule has 2 aromatic rings. The van der Waals surface area contributed by atoms with Crippen LogP contribution >= 0.6 is 12.2 Å². The molecule has 0 saturated carbocycles. The van der Waals surface area contributed by atoms with Gasteiger partial charge < -0.3 is 19.9 Å². The fourth-order valence-electron chi connectivity index (χ4n) is 1.72. The Morgan fingerprint density at radius 1 is 1.29 bits per heavy atom. The number of anilines is 1. The molecule has 0 aliphatic heterocycles. The molecule has 110 valence electrons. The van der Waals surface area contributed by atoms with Crippen LogP contribution in [-0.4, -0.2) is 24.4 Å². The molecule has 1 heterocycles. The summed E-state index contributed by atoms with van der Waals surface area (Å²) < 4.78 is 10.4. The van der Waals surface area contributed by atoms with Crippen molar-refractivity contribution in [3.63, 3.8) is 0 Å². The van der Waals surface area contributed by atoms with Crippen molar-refractivity contribution >= 4 is 35.2 Å². The SMILES string of the molecule is CNC(=S)Nc1c(C)noc1/C=C/c1ccc(OC)cc1. The van der Waals surface area contributed by atoms with E-state index in [0.717, 1.165) is 22.7 Å². The Hall–Kier alpha value is -2.34. The molecule has 6 heteroatoms. The van der Waals surface area contributed by atoms with Gasteiger partial charge in [0.05, 0.1) is 7.11 Å². The van der Waals surface area contributed by atoms with E-state index in [-0.39, 0.29) is 0 Å². The number of rotatable bonds is 4. The minimum atomic E-state index is 0.514. The van der Waals surface area contributed by atoms with Gasteiger partial charge in [0.15, 0.2) is 10.9 Å². The Labute approximate surface area is 129 Å². The fourth-order valence-corrected chi connectivity index (χ4v) is 1.82. The molecule has 0 spiro atoms. The summed E-state index contributed by atoms with van der Waals surface area (Å²) >= 11 is 5.10. The van der Waals surface area contributed by atoms with Gasteiger partial charge in [-0.1, -0.05) is 23.4 Å². The molecule has 21 heavy (non-hydrogen) atoms. The second-order valence-corrected chi connectivity index (χ2v) is 4.73. The molecule has 0 radical (unpaired) electrons. The Morgan fingerprint density at radius 2 is 2.00 bits per heavy atom. The van der Waals surface area contributed by atoms with Crippen molar-refractivity contribution in [3.05, 3.63) is 41.3 Å². The maximum absolute atomic E-state index is 5.30. The summed E-state index contributed by atoms with van der Waals surface area (Å²) in [7, 11) is 3.40. The zero-order valence-electron chi connectivity index (χ0n) is 12.1. The number of aryl methyl sites for hydroxylation is 1. The Kier molecular flexibility index (Phi) is 4.94. The first-order chi connectivity index (χ1) is 10.1. The lowest BCUT2D eigenvalue weighted by Crippen LogP contribution is -2.24. The van der Waals surface area contributed by atoms with Crippen molar-refractivity contribution in [2.45, 2.75) is 6.92 Å². The van der Waals surface area contributed by atoms with Crippen LogP contribution in [0.15, 0.2) is 28.8 Å². The van der Waals surface area contributed by atoms with Gasteiger partial charge in [-0.3, -0.25) is 0 Å². The van der Waals surface area contributed by atoms with Crippen LogP contribution in [0, 0.1) is 6.92 Å². The largest absolute Gasteiger partial charge is 0.497 e. The lowest BCUT2D eigenvalue weighted by molar-refractivity contribution is 0.408. The lowest BCUT2D eigenvalue weighted by Gasteiger charge is -2.05. The summed E-state index contributed by atoms with van der Waals surface area (Å²) in [6, 6.07) is 7.73. The highest BCUT2D eigenvalue weighted by Crippen LogP contribution is 2.22. The quantitative estimate of drug-likeness (QED) is 0.847. The van der Waals surface area contributed by atoms with Gasteiger partial charge in [-0.25, -0.2) is 0 Å². The smallest absolute Gasteiger partial charge is 0.183 e. The van der Waals surface area contributed by atoms with Gasteiger partial charge in [-0.05, 0) is 42.9 Å². The molecule has 0 saturated heterocycles. The van der Waals surface area contributed by atoms with E-state index in [9.17, 15) is 0 Å². The summed E-state index contributed by atoms with van der Waals surface area (Å²) in [5.41, 5.74) is 2.55. The number of nitrogens with zero attached hydrogens (tertiary/aromatic N) is 1. The topological polar surface area (TPSA) is 59.3 Å². The first kappa shape index (κ1) is 15.1. The molecule has 0 aliphatic rings. The highest BCUT2D eigenvalue weighted by molar-refractivity contribution is 7.80. The minimum Gasteiger partial charge on any atom is -0.497 e. The van der Waals surface area contributed by atoms with Crippen molar-refractivity contribution in [2.24, 2.45) is 0 Å². The van der Waals surface area contributed by atoms with Crippen molar-refractivity contribution in [1.29, 1.82) is 0 Å². The van der Waals surface area contributed by atoms with Gasteiger partial charge in [-0.2, -0.15) is 0 Å². The van der Waals surface area contributed by atoms with Gasteiger partial charge >= 0.3 is 0 Å². The van der Waals surface area contributed by atoms with Crippen molar-refractivity contribution in [3.8, 4) is 5.75 Å². The predicted octanol–water partition coefficient (Wildman–Crippen LogP) is 3.08. The third-order valence-electron chi connectivity index (χ3n) is 2.90. The molecule has 2 N–H and O–H groups in total. The van der Waals surface area contributed by atoms with Crippen LogP contribution in [0.1, 0.15) is 17.0 Å². The molecular formula is C15H17N3O2S. The van der Waals surface area contributed by atoms with E-state index in [1.807, 2.05) is 43.3 Å². The third-order valence-corrected chi connectivity index (χ3v) is 3.20. The van der Waals surface area contributed by atoms with E-state index in [0.29, 0.717) is 10.9 Å². The molecule has 0 fully saturated rings. The highest BCUT2D eigenvalue weighted by Gasteiger charge is 2.11. The number of benzene rings is 1. The maximum Gasteiger partial charge on any atom is 0.183 e. The monoisotopic (exact) mass is 303 g/mol. The number of thiocarbonyl (C=S) groups is 1. The van der Waals surface area contributed by atoms with Crippen LogP contribution in [0.5, 0.6) is 5.75 Å². The van der Waals surface area contributed by atoms with Gasteiger partial charge in [0.25, 0.3) is 0 Å². The average Bonchev–Trinajstić information content (AvgIpc) is 2.86. The summed E-state index contributed by atoms with van der Waals surface area (Å²) in [5, 5.41) is 10.4. The van der Waals surface area contributed by atoms with E-state index in [1.165, 1.54) is 0 Å². The molecular weight excluding hydrogens is 286 g/mol. The molecule has 0 aliphatic carbocycles. The fraction of sp³-hybridized carbons (Fsp3) is 0.200. The predicted molar refractivity (Wildman–Crippen MR) is 88.4 cm³/mol. The molecule has 0 unspecified atom stereocenters. The number of ether oxygens (including phenoxy) is 1. The van der Waals surface area contributed by atoms with Crippen molar-refractivity contribution in [2.75, 3.05) is 19.5 Å². The van der Waals surface area contributed by atoms with Crippen LogP contribution in [-0.2, 0) is 0 Å². The van der Waals surface area contributed by atoms with Gasteiger partial charge in [0.1, 0.15) is 17.1 Å². The van der Waals surface area contributed by atoms with E-state index < -0.39 is 0 Å². The Balaban J connectivity index is 2.18. The molecule has 0 bridgehead atoms. The van der Waals surface area contributed by atoms with Crippen LogP contribution in [0.4, 0.5) is 5.69 Å². The maximum atomic E-state index is 5.30. The van der Waals surface area contributed by atoms with E-state index in [4.69, 9.17) is 21.5 Å². The van der Waals surface area contributed by atoms with Gasteiger partial charge in [0, 0.05) is 7.05 Å². The summed E-state index contributed by atoms with van der Waals surface area (Å²) in [6.45, 7) is 1.86. The highest BCUT2D eigenvalue weighted by atomic mass is 32.1. The van der Waals surface area contributed by atoms with E-state index in [1.54, 1.807) is 14.2 Å². The summed E-state index contributed by atoms with van der Waals surface area (Å²) in [5.74, 6) is 1.45. The number of aromatic nitrogens is 1.